The third-order valence-electron chi connectivity index (χ3n) is 3.40. The van der Waals surface area contributed by atoms with Crippen LogP contribution in [0.4, 0.5) is 11.4 Å². The van der Waals surface area contributed by atoms with Gasteiger partial charge in [-0.3, -0.25) is 4.79 Å². The van der Waals surface area contributed by atoms with Gasteiger partial charge in [0.05, 0.1) is 10.4 Å². The van der Waals surface area contributed by atoms with Gasteiger partial charge in [-0.2, -0.15) is 0 Å². The number of carbonyl (C=O) groups is 1. The molecule has 1 aromatic heterocycles. The predicted molar refractivity (Wildman–Crippen MR) is 84.8 cm³/mol. The third-order valence-corrected chi connectivity index (χ3v) is 4.82. The van der Waals surface area contributed by atoms with Crippen LogP contribution in [-0.4, -0.2) is 5.91 Å². The minimum atomic E-state index is 0.0970. The first-order valence-electron chi connectivity index (χ1n) is 6.56. The van der Waals surface area contributed by atoms with E-state index in [0.29, 0.717) is 6.42 Å². The van der Waals surface area contributed by atoms with Gasteiger partial charge in [0.2, 0.25) is 5.91 Å². The van der Waals surface area contributed by atoms with Crippen LogP contribution in [0.5, 0.6) is 0 Å². The lowest BCUT2D eigenvalue weighted by atomic mass is 10.0. The first-order chi connectivity index (χ1) is 9.61. The lowest BCUT2D eigenvalue weighted by Crippen LogP contribution is -2.19. The number of hydrogen-bond acceptors (Lipinski definition) is 3. The molecule has 3 rings (SSSR count). The summed E-state index contributed by atoms with van der Waals surface area (Å²) >= 11 is 7.56. The Kier molecular flexibility index (Phi) is 3.68. The number of amides is 1. The number of fused-ring (bicyclic) bond motifs is 1. The smallest absolute Gasteiger partial charge is 0.224 e. The second-order valence-corrected chi connectivity index (χ2v) is 6.67. The van der Waals surface area contributed by atoms with Crippen molar-refractivity contribution in [1.82, 2.24) is 0 Å². The molecule has 20 heavy (non-hydrogen) atoms. The van der Waals surface area contributed by atoms with Crippen LogP contribution in [0.3, 0.4) is 0 Å². The molecule has 2 N–H and O–H groups in total. The van der Waals surface area contributed by atoms with Crippen LogP contribution in [-0.2, 0) is 11.2 Å². The molecule has 2 heterocycles. The lowest BCUT2D eigenvalue weighted by Gasteiger charge is -2.19. The Labute approximate surface area is 127 Å². The van der Waals surface area contributed by atoms with Crippen molar-refractivity contribution in [3.05, 3.63) is 45.1 Å². The van der Waals surface area contributed by atoms with E-state index in [1.807, 2.05) is 24.3 Å². The molecule has 1 aliphatic heterocycles. The Morgan fingerprint density at radius 2 is 2.15 bits per heavy atom. The van der Waals surface area contributed by atoms with E-state index in [1.54, 1.807) is 11.3 Å². The van der Waals surface area contributed by atoms with Crippen LogP contribution >= 0.6 is 22.9 Å². The fourth-order valence-electron chi connectivity index (χ4n) is 2.36. The summed E-state index contributed by atoms with van der Waals surface area (Å²) in [5.41, 5.74) is 3.18. The molecule has 0 saturated carbocycles. The van der Waals surface area contributed by atoms with E-state index < -0.39 is 0 Å². The molecule has 0 fully saturated rings. The SMILES string of the molecule is CC(Nc1ccc2c(c1)CCC(=O)N2)c1ccc(Cl)s1. The fraction of sp³-hybridized carbons (Fsp3) is 0.267. The number of rotatable bonds is 3. The van der Waals surface area contributed by atoms with Crippen molar-refractivity contribution in [2.45, 2.75) is 25.8 Å². The molecule has 1 unspecified atom stereocenters. The predicted octanol–water partition coefficient (Wildman–Crippen LogP) is 4.46. The summed E-state index contributed by atoms with van der Waals surface area (Å²) < 4.78 is 0.807. The minimum absolute atomic E-state index is 0.0970. The molecule has 1 atom stereocenters. The topological polar surface area (TPSA) is 41.1 Å². The molecule has 0 bridgehead atoms. The van der Waals surface area contributed by atoms with Gasteiger partial charge in [-0.1, -0.05) is 11.6 Å². The van der Waals surface area contributed by atoms with E-state index in [9.17, 15) is 4.79 Å². The summed E-state index contributed by atoms with van der Waals surface area (Å²) in [5.74, 6) is 0.0970. The van der Waals surface area contributed by atoms with Crippen LogP contribution < -0.4 is 10.6 Å². The molecule has 1 aromatic carbocycles. The number of anilines is 2. The highest BCUT2D eigenvalue weighted by Crippen LogP contribution is 2.31. The van der Waals surface area contributed by atoms with Crippen LogP contribution in [0.1, 0.15) is 29.8 Å². The quantitative estimate of drug-likeness (QED) is 0.879. The lowest BCUT2D eigenvalue weighted by molar-refractivity contribution is -0.116. The summed E-state index contributed by atoms with van der Waals surface area (Å²) in [6.45, 7) is 2.11. The summed E-state index contributed by atoms with van der Waals surface area (Å²) in [4.78, 5) is 12.5. The number of carbonyl (C=O) groups excluding carboxylic acids is 1. The molecule has 2 aromatic rings. The van der Waals surface area contributed by atoms with E-state index in [-0.39, 0.29) is 11.9 Å². The van der Waals surface area contributed by atoms with Crippen molar-refractivity contribution in [2.24, 2.45) is 0 Å². The van der Waals surface area contributed by atoms with E-state index >= 15 is 0 Å². The Morgan fingerprint density at radius 1 is 1.30 bits per heavy atom. The Morgan fingerprint density at radius 3 is 2.90 bits per heavy atom. The second kappa shape index (κ2) is 5.46. The molecule has 0 aliphatic carbocycles. The minimum Gasteiger partial charge on any atom is -0.378 e. The van der Waals surface area contributed by atoms with Gasteiger partial charge in [-0.15, -0.1) is 11.3 Å². The zero-order valence-electron chi connectivity index (χ0n) is 11.1. The van der Waals surface area contributed by atoms with Gasteiger partial charge in [0.15, 0.2) is 0 Å². The molecule has 5 heteroatoms. The van der Waals surface area contributed by atoms with Gasteiger partial charge < -0.3 is 10.6 Å². The van der Waals surface area contributed by atoms with Gasteiger partial charge in [0, 0.05) is 22.7 Å². The normalized spacial score (nSPS) is 15.4. The molecule has 104 valence electrons. The number of hydrogen-bond donors (Lipinski definition) is 2. The molecule has 3 nitrogen and oxygen atoms in total. The Balaban J connectivity index is 1.76. The van der Waals surface area contributed by atoms with Crippen molar-refractivity contribution >= 4 is 40.2 Å². The zero-order valence-corrected chi connectivity index (χ0v) is 12.6. The molecular weight excluding hydrogens is 292 g/mol. The summed E-state index contributed by atoms with van der Waals surface area (Å²) in [6.07, 6.45) is 1.36. The van der Waals surface area contributed by atoms with Crippen molar-refractivity contribution < 1.29 is 4.79 Å². The number of nitrogens with one attached hydrogen (secondary N) is 2. The summed E-state index contributed by atoms with van der Waals surface area (Å²) in [6, 6.07) is 10.2. The van der Waals surface area contributed by atoms with Gasteiger partial charge in [0.25, 0.3) is 0 Å². The van der Waals surface area contributed by atoms with Gasteiger partial charge in [-0.05, 0) is 49.2 Å². The van der Waals surface area contributed by atoms with E-state index in [2.05, 4.69) is 23.6 Å². The van der Waals surface area contributed by atoms with E-state index in [4.69, 9.17) is 11.6 Å². The maximum Gasteiger partial charge on any atom is 0.224 e. The zero-order chi connectivity index (χ0) is 14.1. The van der Waals surface area contributed by atoms with Gasteiger partial charge >= 0.3 is 0 Å². The van der Waals surface area contributed by atoms with Crippen LogP contribution in [0, 0.1) is 0 Å². The van der Waals surface area contributed by atoms with Crippen LogP contribution in [0.25, 0.3) is 0 Å². The summed E-state index contributed by atoms with van der Waals surface area (Å²) in [7, 11) is 0. The maximum atomic E-state index is 11.3. The number of benzene rings is 1. The monoisotopic (exact) mass is 306 g/mol. The largest absolute Gasteiger partial charge is 0.378 e. The average Bonchev–Trinajstić information content (AvgIpc) is 2.86. The van der Waals surface area contributed by atoms with Crippen LogP contribution in [0.2, 0.25) is 4.34 Å². The highest BCUT2D eigenvalue weighted by atomic mass is 35.5. The van der Waals surface area contributed by atoms with Crippen LogP contribution in [0.15, 0.2) is 30.3 Å². The van der Waals surface area contributed by atoms with E-state index in [0.717, 1.165) is 22.1 Å². The molecule has 1 amide bonds. The molecule has 0 spiro atoms. The van der Waals surface area contributed by atoms with Gasteiger partial charge in [0.1, 0.15) is 0 Å². The van der Waals surface area contributed by atoms with Crippen molar-refractivity contribution in [3.63, 3.8) is 0 Å². The molecule has 0 saturated heterocycles. The number of thiophene rings is 1. The highest BCUT2D eigenvalue weighted by Gasteiger charge is 2.15. The maximum absolute atomic E-state index is 11.3. The Bertz CT molecular complexity index is 653. The van der Waals surface area contributed by atoms with Gasteiger partial charge in [-0.25, -0.2) is 0 Å². The molecule has 0 radical (unpaired) electrons. The van der Waals surface area contributed by atoms with Crippen molar-refractivity contribution in [2.75, 3.05) is 10.6 Å². The third kappa shape index (κ3) is 2.81. The van der Waals surface area contributed by atoms with E-state index in [1.165, 1.54) is 10.4 Å². The first kappa shape index (κ1) is 13.5. The molecule has 1 aliphatic rings. The van der Waals surface area contributed by atoms with Crippen molar-refractivity contribution in [1.29, 1.82) is 0 Å². The molecular formula is C15H15ClN2OS. The number of aryl methyl sites for hydroxylation is 1. The standard InChI is InChI=1S/C15H15ClN2OS/c1-9(13-5-6-14(16)20-13)17-11-3-4-12-10(8-11)2-7-15(19)18-12/h3-6,8-9,17H,2,7H2,1H3,(H,18,19). The average molecular weight is 307 g/mol. The summed E-state index contributed by atoms with van der Waals surface area (Å²) in [5, 5.41) is 6.37. The fourth-order valence-corrected chi connectivity index (χ4v) is 3.42. The second-order valence-electron chi connectivity index (χ2n) is 4.93. The Hall–Kier alpha value is -1.52. The van der Waals surface area contributed by atoms with Crippen molar-refractivity contribution in [3.8, 4) is 0 Å². The number of halogens is 1. The highest BCUT2D eigenvalue weighted by molar-refractivity contribution is 7.16. The first-order valence-corrected chi connectivity index (χ1v) is 7.76.